The number of carboxylic acids is 1. The summed E-state index contributed by atoms with van der Waals surface area (Å²) < 4.78 is 12.8. The van der Waals surface area contributed by atoms with Crippen LogP contribution in [0.4, 0.5) is 4.79 Å². The summed E-state index contributed by atoms with van der Waals surface area (Å²) in [5, 5.41) is 10.5. The maximum absolute atomic E-state index is 13.5. The molecular formula is C39H35NO5. The average Bonchev–Trinajstić information content (AvgIpc) is 3.40. The highest BCUT2D eigenvalue weighted by molar-refractivity contribution is 5.81. The number of carbonyl (C=O) groups excluding carboxylic acids is 1. The van der Waals surface area contributed by atoms with Gasteiger partial charge in [0.2, 0.25) is 0 Å². The lowest BCUT2D eigenvalue weighted by atomic mass is 9.79. The highest BCUT2D eigenvalue weighted by Crippen LogP contribution is 2.45. The average molecular weight is 598 g/mol. The van der Waals surface area contributed by atoms with Crippen molar-refractivity contribution in [3.8, 4) is 11.1 Å². The number of ether oxygens (including phenoxy) is 2. The van der Waals surface area contributed by atoms with Gasteiger partial charge in [-0.2, -0.15) is 0 Å². The van der Waals surface area contributed by atoms with Crippen LogP contribution in [0.5, 0.6) is 0 Å². The van der Waals surface area contributed by atoms with Crippen molar-refractivity contribution in [1.29, 1.82) is 0 Å². The van der Waals surface area contributed by atoms with Gasteiger partial charge in [-0.1, -0.05) is 140 Å². The Hall–Kier alpha value is -5.20. The summed E-state index contributed by atoms with van der Waals surface area (Å²) in [5.41, 5.74) is 5.75. The minimum absolute atomic E-state index is 0.0841. The quantitative estimate of drug-likeness (QED) is 0.167. The molecule has 6 rings (SSSR count). The Morgan fingerprint density at radius 1 is 0.689 bits per heavy atom. The number of likely N-dealkylation sites (N-methyl/N-ethyl adjacent to an activating group) is 1. The Morgan fingerprint density at radius 3 is 1.51 bits per heavy atom. The molecule has 0 aromatic heterocycles. The van der Waals surface area contributed by atoms with E-state index in [9.17, 15) is 14.7 Å². The Kier molecular flexibility index (Phi) is 8.49. The third-order valence-electron chi connectivity index (χ3n) is 8.64. The second-order valence-electron chi connectivity index (χ2n) is 11.3. The number of aliphatic carboxylic acids is 1. The lowest BCUT2D eigenvalue weighted by Gasteiger charge is -2.40. The van der Waals surface area contributed by atoms with Crippen molar-refractivity contribution >= 4 is 12.1 Å². The summed E-state index contributed by atoms with van der Waals surface area (Å²) in [7, 11) is 1.45. The van der Waals surface area contributed by atoms with Crippen molar-refractivity contribution in [2.45, 2.75) is 30.6 Å². The molecule has 1 aliphatic carbocycles. The molecule has 6 heteroatoms. The van der Waals surface area contributed by atoms with Crippen molar-refractivity contribution in [2.24, 2.45) is 0 Å². The molecule has 226 valence electrons. The van der Waals surface area contributed by atoms with Gasteiger partial charge < -0.3 is 14.6 Å². The van der Waals surface area contributed by atoms with Crippen LogP contribution in [0, 0.1) is 0 Å². The largest absolute Gasteiger partial charge is 0.480 e. The fourth-order valence-electron chi connectivity index (χ4n) is 6.56. The summed E-state index contributed by atoms with van der Waals surface area (Å²) in [5.74, 6) is -1.34. The van der Waals surface area contributed by atoms with Crippen molar-refractivity contribution < 1.29 is 24.2 Å². The van der Waals surface area contributed by atoms with Gasteiger partial charge in [-0.25, -0.2) is 9.59 Å². The van der Waals surface area contributed by atoms with Gasteiger partial charge in [0.15, 0.2) is 6.04 Å². The highest BCUT2D eigenvalue weighted by atomic mass is 16.6. The van der Waals surface area contributed by atoms with Gasteiger partial charge in [0, 0.05) is 13.0 Å². The van der Waals surface area contributed by atoms with Crippen LogP contribution in [0.1, 0.15) is 40.7 Å². The Morgan fingerprint density at radius 2 is 1.09 bits per heavy atom. The van der Waals surface area contributed by atoms with E-state index in [0.29, 0.717) is 0 Å². The Balaban J connectivity index is 1.29. The summed E-state index contributed by atoms with van der Waals surface area (Å²) in [4.78, 5) is 27.5. The van der Waals surface area contributed by atoms with Crippen molar-refractivity contribution in [3.63, 3.8) is 0 Å². The molecule has 2 unspecified atom stereocenters. The first-order valence-corrected chi connectivity index (χ1v) is 15.1. The number of benzene rings is 5. The van der Waals surface area contributed by atoms with E-state index in [1.54, 1.807) is 6.92 Å². The number of fused-ring (bicyclic) bond motifs is 3. The van der Waals surface area contributed by atoms with Crippen LogP contribution in [0.25, 0.3) is 11.1 Å². The number of amides is 1. The minimum Gasteiger partial charge on any atom is -0.480 e. The molecule has 0 spiro atoms. The molecule has 5 aromatic carbocycles. The Labute approximate surface area is 263 Å². The van der Waals surface area contributed by atoms with E-state index in [1.165, 1.54) is 7.05 Å². The van der Waals surface area contributed by atoms with Crippen molar-refractivity contribution in [1.82, 2.24) is 4.90 Å². The summed E-state index contributed by atoms with van der Waals surface area (Å²) in [6.45, 7) is 1.77. The van der Waals surface area contributed by atoms with E-state index in [4.69, 9.17) is 9.47 Å². The van der Waals surface area contributed by atoms with Gasteiger partial charge >= 0.3 is 12.1 Å². The van der Waals surface area contributed by atoms with Gasteiger partial charge in [-0.05, 0) is 45.9 Å². The molecule has 0 saturated heterocycles. The first-order valence-electron chi connectivity index (χ1n) is 15.1. The summed E-state index contributed by atoms with van der Waals surface area (Å²) >= 11 is 0. The zero-order chi connectivity index (χ0) is 31.4. The van der Waals surface area contributed by atoms with Crippen LogP contribution in [-0.2, 0) is 19.9 Å². The molecular weight excluding hydrogens is 562 g/mol. The zero-order valence-corrected chi connectivity index (χ0v) is 25.2. The number of carbonyl (C=O) groups is 2. The predicted molar refractivity (Wildman–Crippen MR) is 174 cm³/mol. The molecule has 45 heavy (non-hydrogen) atoms. The summed E-state index contributed by atoms with van der Waals surface area (Å²) in [6.07, 6.45) is -1.68. The van der Waals surface area contributed by atoms with Crippen LogP contribution in [0.3, 0.4) is 0 Å². The van der Waals surface area contributed by atoms with Crippen LogP contribution >= 0.6 is 0 Å². The fraction of sp³-hybridized carbons (Fsp3) is 0.179. The van der Waals surface area contributed by atoms with Crippen LogP contribution < -0.4 is 0 Å². The topological polar surface area (TPSA) is 76.1 Å². The highest BCUT2D eigenvalue weighted by Gasteiger charge is 2.44. The fourth-order valence-corrected chi connectivity index (χ4v) is 6.56. The number of hydrogen-bond acceptors (Lipinski definition) is 4. The van der Waals surface area contributed by atoms with Crippen molar-refractivity contribution in [2.75, 3.05) is 13.7 Å². The first-order chi connectivity index (χ1) is 21.9. The third-order valence-corrected chi connectivity index (χ3v) is 8.64. The maximum Gasteiger partial charge on any atom is 0.410 e. The van der Waals surface area contributed by atoms with Gasteiger partial charge in [-0.3, -0.25) is 4.90 Å². The molecule has 2 atom stereocenters. The van der Waals surface area contributed by atoms with E-state index in [2.05, 4.69) is 12.1 Å². The number of carboxylic acid groups (broad SMARTS) is 1. The third kappa shape index (κ3) is 5.61. The van der Waals surface area contributed by atoms with E-state index in [-0.39, 0.29) is 12.5 Å². The Bertz CT molecular complexity index is 1630. The molecule has 0 fully saturated rings. The minimum atomic E-state index is -1.34. The van der Waals surface area contributed by atoms with Crippen LogP contribution in [0.15, 0.2) is 140 Å². The molecule has 1 amide bonds. The van der Waals surface area contributed by atoms with Crippen LogP contribution in [0.2, 0.25) is 0 Å². The lowest BCUT2D eigenvalue weighted by molar-refractivity contribution is -0.152. The van der Waals surface area contributed by atoms with Gasteiger partial charge in [-0.15, -0.1) is 0 Å². The van der Waals surface area contributed by atoms with E-state index in [0.717, 1.165) is 43.8 Å². The standard InChI is InChI=1S/C39H35NO5/c1-27(45-39(28-16-6-3-7-17-28,29-18-8-4-9-19-29)30-20-10-5-11-21-30)36(37(41)42)40(2)38(43)44-26-35-33-24-14-12-22-31(33)32-23-13-15-25-34(32)35/h3-25,27,35-36H,26H2,1-2H3,(H,41,42). The first kappa shape index (κ1) is 29.9. The second kappa shape index (κ2) is 12.8. The SMILES string of the molecule is CC(OC(c1ccccc1)(c1ccccc1)c1ccccc1)C(C(=O)O)N(C)C(=O)OCC1c2ccccc2-c2ccccc21. The van der Waals surface area contributed by atoms with E-state index >= 15 is 0 Å². The lowest BCUT2D eigenvalue weighted by Crippen LogP contribution is -2.52. The van der Waals surface area contributed by atoms with E-state index in [1.807, 2.05) is 127 Å². The van der Waals surface area contributed by atoms with Gasteiger partial charge in [0.1, 0.15) is 12.2 Å². The predicted octanol–water partition coefficient (Wildman–Crippen LogP) is 7.72. The molecule has 1 N–H and O–H groups in total. The van der Waals surface area contributed by atoms with Gasteiger partial charge in [0.25, 0.3) is 0 Å². The molecule has 1 aliphatic rings. The van der Waals surface area contributed by atoms with Crippen molar-refractivity contribution in [3.05, 3.63) is 167 Å². The maximum atomic E-state index is 13.5. The monoisotopic (exact) mass is 597 g/mol. The second-order valence-corrected chi connectivity index (χ2v) is 11.3. The molecule has 0 heterocycles. The molecule has 5 aromatic rings. The number of rotatable bonds is 10. The van der Waals surface area contributed by atoms with Gasteiger partial charge in [0.05, 0.1) is 6.10 Å². The summed E-state index contributed by atoms with van der Waals surface area (Å²) in [6, 6.07) is 44.0. The van der Waals surface area contributed by atoms with Crippen LogP contribution in [-0.4, -0.2) is 47.9 Å². The molecule has 6 nitrogen and oxygen atoms in total. The molecule has 0 bridgehead atoms. The normalized spacial score (nSPS) is 13.7. The van der Waals surface area contributed by atoms with E-state index < -0.39 is 29.8 Å². The smallest absolute Gasteiger partial charge is 0.410 e. The zero-order valence-electron chi connectivity index (χ0n) is 25.2. The molecule has 0 aliphatic heterocycles. The molecule has 0 saturated carbocycles. The number of hydrogen-bond donors (Lipinski definition) is 1. The number of nitrogens with zero attached hydrogens (tertiary/aromatic N) is 1. The molecule has 0 radical (unpaired) electrons.